The van der Waals surface area contributed by atoms with E-state index in [1.54, 1.807) is 0 Å². The number of fused-ring (bicyclic) bond motifs is 6. The van der Waals surface area contributed by atoms with E-state index in [1.165, 1.54) is 72.0 Å². The lowest BCUT2D eigenvalue weighted by molar-refractivity contribution is 0.723. The predicted octanol–water partition coefficient (Wildman–Crippen LogP) is 12.7. The smallest absolute Gasteiger partial charge is 0.164 e. The molecule has 0 saturated heterocycles. The second-order valence-corrected chi connectivity index (χ2v) is 15.3. The lowest BCUT2D eigenvalue weighted by Crippen LogP contribution is -2.08. The van der Waals surface area contributed by atoms with Gasteiger partial charge in [-0.2, -0.15) is 0 Å². The third-order valence-electron chi connectivity index (χ3n) is 11.7. The molecular formula is C52H38N4. The number of benzene rings is 7. The average Bonchev–Trinajstić information content (AvgIpc) is 3.61. The Labute approximate surface area is 326 Å². The maximum atomic E-state index is 4.93. The van der Waals surface area contributed by atoms with E-state index in [0.29, 0.717) is 23.4 Å². The van der Waals surface area contributed by atoms with Crippen molar-refractivity contribution in [3.8, 4) is 51.0 Å². The van der Waals surface area contributed by atoms with Crippen LogP contribution in [0.25, 0.3) is 78.7 Å². The zero-order valence-corrected chi connectivity index (χ0v) is 31.2. The highest BCUT2D eigenvalue weighted by molar-refractivity contribution is 5.95. The minimum Gasteiger partial charge on any atom is -0.313 e. The van der Waals surface area contributed by atoms with Gasteiger partial charge in [-0.05, 0) is 81.6 Å². The number of hydrogen-bond acceptors (Lipinski definition) is 3. The van der Waals surface area contributed by atoms with E-state index >= 15 is 0 Å². The van der Waals surface area contributed by atoms with Gasteiger partial charge >= 0.3 is 0 Å². The molecule has 0 radical (unpaired) electrons. The fourth-order valence-corrected chi connectivity index (χ4v) is 8.88. The van der Waals surface area contributed by atoms with Crippen LogP contribution in [0.5, 0.6) is 0 Å². The van der Waals surface area contributed by atoms with Crippen LogP contribution in [0.15, 0.2) is 164 Å². The van der Waals surface area contributed by atoms with Gasteiger partial charge in [-0.25, -0.2) is 15.0 Å². The van der Waals surface area contributed by atoms with Gasteiger partial charge in [-0.1, -0.05) is 159 Å². The van der Waals surface area contributed by atoms with Gasteiger partial charge in [0.25, 0.3) is 0 Å². The molecule has 1 unspecified atom stereocenters. The molecule has 266 valence electrons. The van der Waals surface area contributed by atoms with Crippen LogP contribution < -0.4 is 0 Å². The Kier molecular flexibility index (Phi) is 7.63. The highest BCUT2D eigenvalue weighted by Gasteiger charge is 2.24. The first-order valence-electron chi connectivity index (χ1n) is 19.6. The van der Waals surface area contributed by atoms with Gasteiger partial charge < -0.3 is 4.57 Å². The molecule has 2 aromatic heterocycles. The Hall–Kier alpha value is -6.91. The second kappa shape index (κ2) is 13.1. The Bertz CT molecular complexity index is 2940. The van der Waals surface area contributed by atoms with Gasteiger partial charge in [0.2, 0.25) is 0 Å². The van der Waals surface area contributed by atoms with Crippen molar-refractivity contribution >= 4 is 27.8 Å². The Morgan fingerprint density at radius 1 is 0.482 bits per heavy atom. The predicted molar refractivity (Wildman–Crippen MR) is 230 cm³/mol. The molecule has 56 heavy (non-hydrogen) atoms. The summed E-state index contributed by atoms with van der Waals surface area (Å²) >= 11 is 0. The summed E-state index contributed by atoms with van der Waals surface area (Å²) in [5, 5.41) is 3.93. The Morgan fingerprint density at radius 3 is 1.77 bits per heavy atom. The minimum absolute atomic E-state index is 0.470. The molecule has 0 spiro atoms. The van der Waals surface area contributed by atoms with Gasteiger partial charge in [0.15, 0.2) is 17.5 Å². The van der Waals surface area contributed by atoms with Gasteiger partial charge in [0.05, 0.1) is 5.52 Å². The van der Waals surface area contributed by atoms with Gasteiger partial charge in [0.1, 0.15) is 0 Å². The van der Waals surface area contributed by atoms with Crippen LogP contribution in [0.1, 0.15) is 52.8 Å². The minimum atomic E-state index is 0.470. The molecule has 0 bridgehead atoms. The molecule has 0 saturated carbocycles. The molecule has 11 rings (SSSR count). The SMILES string of the molecule is CC1CC=Cc2c1n(-c1ccc3cc4c(cc3c1)Cc1ccc(-c3ccc(-c5nc(-c6ccccc6)nc(-c6ccccc6)n5)cc3)cc1C4)c1ccccc21. The third kappa shape index (κ3) is 5.56. The van der Waals surface area contributed by atoms with E-state index in [0.717, 1.165) is 36.0 Å². The summed E-state index contributed by atoms with van der Waals surface area (Å²) in [5.41, 5.74) is 16.3. The molecule has 2 aliphatic rings. The van der Waals surface area contributed by atoms with Crippen molar-refractivity contribution in [3.63, 3.8) is 0 Å². The first-order valence-corrected chi connectivity index (χ1v) is 19.6. The molecule has 7 aromatic carbocycles. The maximum Gasteiger partial charge on any atom is 0.164 e. The molecule has 2 heterocycles. The van der Waals surface area contributed by atoms with Crippen molar-refractivity contribution in [2.75, 3.05) is 0 Å². The number of para-hydroxylation sites is 1. The van der Waals surface area contributed by atoms with Gasteiger partial charge in [0, 0.05) is 44.9 Å². The van der Waals surface area contributed by atoms with Gasteiger partial charge in [-0.3, -0.25) is 0 Å². The molecule has 1 atom stereocenters. The van der Waals surface area contributed by atoms with Crippen molar-refractivity contribution in [3.05, 3.63) is 197 Å². The number of aromatic nitrogens is 4. The number of hydrogen-bond donors (Lipinski definition) is 0. The molecule has 0 aliphatic heterocycles. The second-order valence-electron chi connectivity index (χ2n) is 15.3. The summed E-state index contributed by atoms with van der Waals surface area (Å²) in [6.07, 6.45) is 7.60. The van der Waals surface area contributed by atoms with Gasteiger partial charge in [-0.15, -0.1) is 0 Å². The largest absolute Gasteiger partial charge is 0.313 e. The zero-order chi connectivity index (χ0) is 37.2. The van der Waals surface area contributed by atoms with Crippen LogP contribution in [0.2, 0.25) is 0 Å². The maximum absolute atomic E-state index is 4.93. The van der Waals surface area contributed by atoms with Crippen LogP contribution in [-0.2, 0) is 12.8 Å². The van der Waals surface area contributed by atoms with Crippen molar-refractivity contribution in [1.29, 1.82) is 0 Å². The lowest BCUT2D eigenvalue weighted by atomic mass is 9.83. The summed E-state index contributed by atoms with van der Waals surface area (Å²) in [6, 6.07) is 56.6. The van der Waals surface area contributed by atoms with Crippen molar-refractivity contribution in [1.82, 2.24) is 19.5 Å². The van der Waals surface area contributed by atoms with E-state index < -0.39 is 0 Å². The highest BCUT2D eigenvalue weighted by Crippen LogP contribution is 2.40. The summed E-state index contributed by atoms with van der Waals surface area (Å²) in [6.45, 7) is 2.35. The average molecular weight is 719 g/mol. The summed E-state index contributed by atoms with van der Waals surface area (Å²) in [4.78, 5) is 14.7. The number of allylic oxidation sites excluding steroid dienone is 1. The molecule has 4 heteroatoms. The molecule has 9 aromatic rings. The van der Waals surface area contributed by atoms with Crippen molar-refractivity contribution < 1.29 is 0 Å². The molecule has 0 fully saturated rings. The number of nitrogens with zero attached hydrogens (tertiary/aromatic N) is 4. The van der Waals surface area contributed by atoms with Crippen LogP contribution >= 0.6 is 0 Å². The molecule has 4 nitrogen and oxygen atoms in total. The van der Waals surface area contributed by atoms with E-state index in [-0.39, 0.29) is 0 Å². The highest BCUT2D eigenvalue weighted by atomic mass is 15.0. The molecule has 2 aliphatic carbocycles. The van der Waals surface area contributed by atoms with E-state index in [9.17, 15) is 0 Å². The van der Waals surface area contributed by atoms with Crippen LogP contribution in [0.3, 0.4) is 0 Å². The fourth-order valence-electron chi connectivity index (χ4n) is 8.88. The molecule has 0 amide bonds. The Morgan fingerprint density at radius 2 is 1.05 bits per heavy atom. The quantitative estimate of drug-likeness (QED) is 0.178. The fraction of sp³-hybridized carbons (Fsp3) is 0.0962. The van der Waals surface area contributed by atoms with Crippen molar-refractivity contribution in [2.45, 2.75) is 32.1 Å². The zero-order valence-electron chi connectivity index (χ0n) is 31.2. The first kappa shape index (κ1) is 32.5. The standard InChI is InChI=1S/C52H38N4/c1-33-11-10-17-47-46-16-8-9-18-48(46)56(49(33)47)45-26-25-40-29-42-30-41-27-38(23-24-39(41)28-43(42)31-44(40)32-45)34-19-21-37(22-20-34)52-54-50(35-12-4-2-5-13-35)53-51(55-52)36-14-6-3-7-15-36/h2-10,12-27,29,31-33H,11,28,30H2,1H3. The topological polar surface area (TPSA) is 43.6 Å². The summed E-state index contributed by atoms with van der Waals surface area (Å²) in [5.74, 6) is 2.47. The van der Waals surface area contributed by atoms with Crippen LogP contribution in [0.4, 0.5) is 0 Å². The summed E-state index contributed by atoms with van der Waals surface area (Å²) in [7, 11) is 0. The first-order chi connectivity index (χ1) is 27.6. The molecular weight excluding hydrogens is 681 g/mol. The van der Waals surface area contributed by atoms with E-state index in [4.69, 9.17) is 15.0 Å². The van der Waals surface area contributed by atoms with Crippen molar-refractivity contribution in [2.24, 2.45) is 0 Å². The lowest BCUT2D eigenvalue weighted by Gasteiger charge is -2.22. The monoisotopic (exact) mass is 718 g/mol. The van der Waals surface area contributed by atoms with Crippen LogP contribution in [-0.4, -0.2) is 19.5 Å². The van der Waals surface area contributed by atoms with E-state index in [1.807, 2.05) is 60.7 Å². The number of rotatable bonds is 5. The Balaban J connectivity index is 0.895. The van der Waals surface area contributed by atoms with E-state index in [2.05, 4.69) is 121 Å². The normalized spacial score (nSPS) is 14.4. The molecule has 0 N–H and O–H groups in total. The van der Waals surface area contributed by atoms with Crippen LogP contribution in [0, 0.1) is 0 Å². The summed E-state index contributed by atoms with van der Waals surface area (Å²) < 4.78 is 2.51. The third-order valence-corrected chi connectivity index (χ3v) is 11.7.